The van der Waals surface area contributed by atoms with Crippen LogP contribution in [0.25, 0.3) is 6.08 Å². The molecule has 2 aromatic rings. The first kappa shape index (κ1) is 17.8. The lowest BCUT2D eigenvalue weighted by molar-refractivity contribution is -0.127. The standard InChI is InChI=1S/C20H23NO3/c1-16-8-10-19(24-2)18(14-16)9-11-20(23)21(12-13-22)15-17-6-4-3-5-7-17/h3-11,14,22H,12-13,15H2,1-2H3/b11-9+. The SMILES string of the molecule is COc1ccc(C)cc1/C=C/C(=O)N(CCO)Cc1ccccc1. The molecule has 0 fully saturated rings. The van der Waals surface area contributed by atoms with Gasteiger partial charge in [-0.05, 0) is 30.7 Å². The lowest BCUT2D eigenvalue weighted by Crippen LogP contribution is -2.31. The molecule has 4 heteroatoms. The topological polar surface area (TPSA) is 49.8 Å². The van der Waals surface area contributed by atoms with Crippen molar-refractivity contribution in [1.29, 1.82) is 0 Å². The number of nitrogens with zero attached hydrogens (tertiary/aromatic N) is 1. The third-order valence-electron chi connectivity index (χ3n) is 3.69. The maximum atomic E-state index is 12.5. The van der Waals surface area contributed by atoms with Crippen LogP contribution in [0.4, 0.5) is 0 Å². The van der Waals surface area contributed by atoms with Crippen molar-refractivity contribution in [2.24, 2.45) is 0 Å². The van der Waals surface area contributed by atoms with Crippen molar-refractivity contribution in [2.45, 2.75) is 13.5 Å². The number of aliphatic hydroxyl groups is 1. The molecule has 0 saturated carbocycles. The van der Waals surface area contributed by atoms with E-state index in [2.05, 4.69) is 0 Å². The lowest BCUT2D eigenvalue weighted by Gasteiger charge is -2.20. The monoisotopic (exact) mass is 325 g/mol. The van der Waals surface area contributed by atoms with E-state index in [4.69, 9.17) is 4.74 Å². The van der Waals surface area contributed by atoms with Crippen LogP contribution in [0.15, 0.2) is 54.6 Å². The Labute approximate surface area is 143 Å². The zero-order valence-corrected chi connectivity index (χ0v) is 14.1. The van der Waals surface area contributed by atoms with E-state index >= 15 is 0 Å². The molecule has 0 spiro atoms. The van der Waals surface area contributed by atoms with Gasteiger partial charge in [-0.25, -0.2) is 0 Å². The Morgan fingerprint density at radius 1 is 1.21 bits per heavy atom. The van der Waals surface area contributed by atoms with Crippen LogP contribution in [0.1, 0.15) is 16.7 Å². The predicted molar refractivity (Wildman–Crippen MR) is 95.7 cm³/mol. The molecule has 0 aromatic heterocycles. The van der Waals surface area contributed by atoms with E-state index in [-0.39, 0.29) is 12.5 Å². The quantitative estimate of drug-likeness (QED) is 0.796. The van der Waals surface area contributed by atoms with E-state index in [0.29, 0.717) is 13.1 Å². The minimum Gasteiger partial charge on any atom is -0.496 e. The highest BCUT2D eigenvalue weighted by Crippen LogP contribution is 2.21. The summed E-state index contributed by atoms with van der Waals surface area (Å²) in [6.07, 6.45) is 3.28. The predicted octanol–water partition coefficient (Wildman–Crippen LogP) is 3.04. The Morgan fingerprint density at radius 3 is 2.62 bits per heavy atom. The highest BCUT2D eigenvalue weighted by atomic mass is 16.5. The summed E-state index contributed by atoms with van der Waals surface area (Å²) in [5, 5.41) is 9.23. The van der Waals surface area contributed by atoms with Crippen molar-refractivity contribution in [3.05, 3.63) is 71.3 Å². The summed E-state index contributed by atoms with van der Waals surface area (Å²) in [5.74, 6) is 0.581. The Balaban J connectivity index is 2.14. The van der Waals surface area contributed by atoms with Crippen LogP contribution in [0.2, 0.25) is 0 Å². The lowest BCUT2D eigenvalue weighted by atomic mass is 10.1. The zero-order chi connectivity index (χ0) is 17.4. The summed E-state index contributed by atoms with van der Waals surface area (Å²) in [6, 6.07) is 15.5. The molecule has 0 bridgehead atoms. The molecule has 126 valence electrons. The number of carbonyl (C=O) groups excluding carboxylic acids is 1. The molecule has 1 amide bonds. The Hall–Kier alpha value is -2.59. The molecule has 0 saturated heterocycles. The fourth-order valence-electron chi connectivity index (χ4n) is 2.44. The van der Waals surface area contributed by atoms with Crippen LogP contribution >= 0.6 is 0 Å². The number of hydrogen-bond acceptors (Lipinski definition) is 3. The van der Waals surface area contributed by atoms with E-state index in [1.807, 2.05) is 55.5 Å². The number of benzene rings is 2. The first-order valence-electron chi connectivity index (χ1n) is 7.90. The average Bonchev–Trinajstić information content (AvgIpc) is 2.60. The van der Waals surface area contributed by atoms with Gasteiger partial charge in [-0.3, -0.25) is 4.79 Å². The maximum absolute atomic E-state index is 12.5. The van der Waals surface area contributed by atoms with E-state index in [9.17, 15) is 9.90 Å². The summed E-state index contributed by atoms with van der Waals surface area (Å²) < 4.78 is 5.32. The molecule has 0 heterocycles. The van der Waals surface area contributed by atoms with Gasteiger partial charge in [0.15, 0.2) is 0 Å². The average molecular weight is 325 g/mol. The third-order valence-corrected chi connectivity index (χ3v) is 3.69. The highest BCUT2D eigenvalue weighted by molar-refractivity contribution is 5.92. The van der Waals surface area contributed by atoms with Crippen molar-refractivity contribution in [2.75, 3.05) is 20.3 Å². The van der Waals surface area contributed by atoms with Gasteiger partial charge in [-0.2, -0.15) is 0 Å². The Morgan fingerprint density at radius 2 is 1.96 bits per heavy atom. The molecule has 0 unspecified atom stereocenters. The minimum atomic E-state index is -0.142. The van der Waals surface area contributed by atoms with Crippen LogP contribution < -0.4 is 4.74 Å². The number of methoxy groups -OCH3 is 1. The van der Waals surface area contributed by atoms with E-state index in [1.165, 1.54) is 6.08 Å². The van der Waals surface area contributed by atoms with Crippen molar-refractivity contribution < 1.29 is 14.6 Å². The maximum Gasteiger partial charge on any atom is 0.246 e. The molecule has 1 N–H and O–H groups in total. The fourth-order valence-corrected chi connectivity index (χ4v) is 2.44. The second-order valence-corrected chi connectivity index (χ2v) is 5.55. The second kappa shape index (κ2) is 8.89. The number of aryl methyl sites for hydroxylation is 1. The van der Waals surface area contributed by atoms with Crippen LogP contribution in [0.3, 0.4) is 0 Å². The molecule has 0 aliphatic rings. The summed E-state index contributed by atoms with van der Waals surface area (Å²) in [7, 11) is 1.61. The van der Waals surface area contributed by atoms with Gasteiger partial charge in [-0.1, -0.05) is 42.0 Å². The number of aliphatic hydroxyl groups excluding tert-OH is 1. The van der Waals surface area contributed by atoms with Crippen molar-refractivity contribution in [3.8, 4) is 5.75 Å². The largest absolute Gasteiger partial charge is 0.496 e. The van der Waals surface area contributed by atoms with Gasteiger partial charge in [0, 0.05) is 24.7 Å². The Bertz CT molecular complexity index is 695. The number of amides is 1. The molecule has 2 rings (SSSR count). The molecular formula is C20H23NO3. The van der Waals surface area contributed by atoms with Gasteiger partial charge in [0.05, 0.1) is 13.7 Å². The van der Waals surface area contributed by atoms with Gasteiger partial charge in [0.2, 0.25) is 5.91 Å². The number of hydrogen-bond donors (Lipinski definition) is 1. The van der Waals surface area contributed by atoms with E-state index in [1.54, 1.807) is 18.1 Å². The molecular weight excluding hydrogens is 302 g/mol. The molecule has 0 aliphatic carbocycles. The summed E-state index contributed by atoms with van der Waals surface area (Å²) in [5.41, 5.74) is 2.98. The smallest absolute Gasteiger partial charge is 0.246 e. The number of ether oxygens (including phenoxy) is 1. The molecule has 24 heavy (non-hydrogen) atoms. The summed E-state index contributed by atoms with van der Waals surface area (Å²) in [6.45, 7) is 2.69. The third kappa shape index (κ3) is 4.96. The normalized spacial score (nSPS) is 10.8. The zero-order valence-electron chi connectivity index (χ0n) is 14.1. The summed E-state index contributed by atoms with van der Waals surface area (Å²) in [4.78, 5) is 14.1. The fraction of sp³-hybridized carbons (Fsp3) is 0.250. The van der Waals surface area contributed by atoms with Crippen LogP contribution in [-0.2, 0) is 11.3 Å². The van der Waals surface area contributed by atoms with E-state index < -0.39 is 0 Å². The van der Waals surface area contributed by atoms with Crippen molar-refractivity contribution >= 4 is 12.0 Å². The highest BCUT2D eigenvalue weighted by Gasteiger charge is 2.11. The molecule has 0 radical (unpaired) electrons. The summed E-state index contributed by atoms with van der Waals surface area (Å²) >= 11 is 0. The minimum absolute atomic E-state index is 0.0693. The van der Waals surface area contributed by atoms with Gasteiger partial charge in [0.1, 0.15) is 5.75 Å². The van der Waals surface area contributed by atoms with Gasteiger partial charge in [0.25, 0.3) is 0 Å². The van der Waals surface area contributed by atoms with Crippen molar-refractivity contribution in [3.63, 3.8) is 0 Å². The number of rotatable bonds is 7. The van der Waals surface area contributed by atoms with E-state index in [0.717, 1.165) is 22.4 Å². The molecule has 4 nitrogen and oxygen atoms in total. The van der Waals surface area contributed by atoms with Gasteiger partial charge >= 0.3 is 0 Å². The number of carbonyl (C=O) groups is 1. The second-order valence-electron chi connectivity index (χ2n) is 5.55. The first-order valence-corrected chi connectivity index (χ1v) is 7.90. The molecule has 0 aliphatic heterocycles. The van der Waals surface area contributed by atoms with Crippen molar-refractivity contribution in [1.82, 2.24) is 4.90 Å². The van der Waals surface area contributed by atoms with Gasteiger partial charge < -0.3 is 14.7 Å². The molecule has 0 atom stereocenters. The van der Waals surface area contributed by atoms with Crippen LogP contribution in [-0.4, -0.2) is 36.2 Å². The van der Waals surface area contributed by atoms with Gasteiger partial charge in [-0.15, -0.1) is 0 Å². The molecule has 2 aromatic carbocycles. The Kier molecular flexibility index (Phi) is 6.58. The van der Waals surface area contributed by atoms with Crippen LogP contribution in [0.5, 0.6) is 5.75 Å². The first-order chi connectivity index (χ1) is 11.6. The van der Waals surface area contributed by atoms with Crippen LogP contribution in [0, 0.1) is 6.92 Å².